The summed E-state index contributed by atoms with van der Waals surface area (Å²) in [6.45, 7) is 12.9. The number of nitrogens with one attached hydrogen (secondary N) is 3. The van der Waals surface area contributed by atoms with Gasteiger partial charge in [-0.1, -0.05) is 63.7 Å². The molecule has 0 spiro atoms. The van der Waals surface area contributed by atoms with Crippen LogP contribution in [0.15, 0.2) is 28.8 Å². The van der Waals surface area contributed by atoms with Gasteiger partial charge in [0.15, 0.2) is 0 Å². The summed E-state index contributed by atoms with van der Waals surface area (Å²) in [5.41, 5.74) is 2.46. The predicted octanol–water partition coefficient (Wildman–Crippen LogP) is 5.67. The minimum Gasteiger partial charge on any atom is -0.353 e. The number of nitrogens with zero attached hydrogens (tertiary/aromatic N) is 1. The molecule has 3 atom stereocenters. The van der Waals surface area contributed by atoms with Crippen molar-refractivity contribution >= 4 is 12.1 Å². The molecule has 0 aromatic rings. The van der Waals surface area contributed by atoms with E-state index in [0.29, 0.717) is 6.04 Å². The molecule has 2 unspecified atom stereocenters. The number of hydrogen-bond donors (Lipinski definition) is 3. The van der Waals surface area contributed by atoms with E-state index in [1.165, 1.54) is 51.4 Å². The molecular weight excluding hydrogens is 408 g/mol. The van der Waals surface area contributed by atoms with Gasteiger partial charge >= 0.3 is 0 Å². The van der Waals surface area contributed by atoms with Crippen molar-refractivity contribution in [2.45, 2.75) is 129 Å². The maximum atomic E-state index is 12.6. The Labute approximate surface area is 203 Å². The second-order valence-corrected chi connectivity index (χ2v) is 10.8. The molecule has 2 rings (SSSR count). The highest BCUT2D eigenvalue weighted by molar-refractivity contribution is 5.79. The quantitative estimate of drug-likeness (QED) is 0.261. The second kappa shape index (κ2) is 14.1. The molecule has 2 saturated carbocycles. The molecule has 0 heterocycles. The van der Waals surface area contributed by atoms with Crippen LogP contribution in [0.5, 0.6) is 0 Å². The highest BCUT2D eigenvalue weighted by Crippen LogP contribution is 2.28. The number of likely N-dealkylation sites (N-methyl/N-ethyl adjacent to an activating group) is 1. The van der Waals surface area contributed by atoms with Gasteiger partial charge in [0.2, 0.25) is 5.91 Å². The molecule has 188 valence electrons. The zero-order valence-electron chi connectivity index (χ0n) is 22.0. The fourth-order valence-electron chi connectivity index (χ4n) is 5.24. The van der Waals surface area contributed by atoms with Crippen LogP contribution in [-0.4, -0.2) is 43.0 Å². The third-order valence-electron chi connectivity index (χ3n) is 7.49. The van der Waals surface area contributed by atoms with Gasteiger partial charge in [0.1, 0.15) is 0 Å². The van der Waals surface area contributed by atoms with E-state index in [2.05, 4.69) is 49.4 Å². The molecule has 1 amide bonds. The average Bonchev–Trinajstić information content (AvgIpc) is 2.80. The molecule has 0 bridgehead atoms. The lowest BCUT2D eigenvalue weighted by atomic mass is 9.83. The van der Waals surface area contributed by atoms with Crippen LogP contribution in [-0.2, 0) is 4.79 Å². The molecule has 0 aromatic heterocycles. The van der Waals surface area contributed by atoms with E-state index in [4.69, 9.17) is 4.99 Å². The highest BCUT2D eigenvalue weighted by atomic mass is 16.1. The van der Waals surface area contributed by atoms with Gasteiger partial charge < -0.3 is 10.6 Å². The lowest BCUT2D eigenvalue weighted by Gasteiger charge is -2.36. The third-order valence-corrected chi connectivity index (χ3v) is 7.49. The van der Waals surface area contributed by atoms with Gasteiger partial charge in [-0.3, -0.25) is 15.1 Å². The Morgan fingerprint density at radius 3 is 2.39 bits per heavy atom. The molecule has 2 aliphatic carbocycles. The van der Waals surface area contributed by atoms with Gasteiger partial charge in [-0.25, -0.2) is 0 Å². The highest BCUT2D eigenvalue weighted by Gasteiger charge is 2.27. The van der Waals surface area contributed by atoms with Gasteiger partial charge in [0.25, 0.3) is 0 Å². The molecule has 5 nitrogen and oxygen atoms in total. The van der Waals surface area contributed by atoms with Gasteiger partial charge in [-0.15, -0.1) is 0 Å². The zero-order valence-corrected chi connectivity index (χ0v) is 22.0. The summed E-state index contributed by atoms with van der Waals surface area (Å²) in [4.78, 5) is 17.3. The van der Waals surface area contributed by atoms with Crippen LogP contribution in [0, 0.1) is 5.92 Å². The van der Waals surface area contributed by atoms with Gasteiger partial charge in [0, 0.05) is 29.8 Å². The number of carbonyl (C=O) groups is 1. The summed E-state index contributed by atoms with van der Waals surface area (Å²) in [5, 5.41) is 10.3. The lowest BCUT2D eigenvalue weighted by Crippen LogP contribution is -2.47. The van der Waals surface area contributed by atoms with Crippen molar-refractivity contribution in [1.29, 1.82) is 0 Å². The van der Waals surface area contributed by atoms with Crippen molar-refractivity contribution in [2.24, 2.45) is 10.9 Å². The molecule has 0 aromatic carbocycles. The van der Waals surface area contributed by atoms with E-state index in [1.54, 1.807) is 0 Å². The van der Waals surface area contributed by atoms with Crippen molar-refractivity contribution in [2.75, 3.05) is 7.05 Å². The Hall–Kier alpha value is -1.46. The third kappa shape index (κ3) is 10.1. The fraction of sp³-hybridized carbons (Fsp3) is 0.786. The minimum atomic E-state index is 0.0147. The van der Waals surface area contributed by atoms with E-state index in [-0.39, 0.29) is 29.6 Å². The molecule has 0 saturated heterocycles. The summed E-state index contributed by atoms with van der Waals surface area (Å²) in [7, 11) is 1.96. The monoisotopic (exact) mass is 458 g/mol. The maximum Gasteiger partial charge on any atom is 0.223 e. The molecule has 0 aliphatic heterocycles. The standard InChI is InChI=1S/C28H50N4O/c1-21(20-30-24(4)32-28(5)17-11-8-12-18-28)19-26(29-6)22(2)15-16-23(3)27(33)31-25-13-9-7-10-14-25/h19-20,23-26,29,32H,2,7-18H2,1,3-6H3,(H,31,33)/b21-19-,30-20?/t23?,24-,26?/m1/s1. The number of hydrogen-bond acceptors (Lipinski definition) is 4. The lowest BCUT2D eigenvalue weighted by molar-refractivity contribution is -0.125. The SMILES string of the molecule is C=C(CCC(C)C(=O)NC1CCCCC1)C(/C=C(/C)C=N[C@@H](C)NC1(C)CCCCC1)NC. The van der Waals surface area contributed by atoms with Crippen LogP contribution in [0.1, 0.15) is 105 Å². The maximum absolute atomic E-state index is 12.6. The fourth-order valence-corrected chi connectivity index (χ4v) is 5.24. The first-order valence-electron chi connectivity index (χ1n) is 13.4. The molecular formula is C28H50N4O. The number of carbonyl (C=O) groups excluding carboxylic acids is 1. The van der Waals surface area contributed by atoms with Crippen LogP contribution in [0.25, 0.3) is 0 Å². The number of amides is 1. The first-order valence-corrected chi connectivity index (χ1v) is 13.4. The molecule has 2 aliphatic rings. The van der Waals surface area contributed by atoms with Crippen LogP contribution >= 0.6 is 0 Å². The second-order valence-electron chi connectivity index (χ2n) is 10.8. The average molecular weight is 459 g/mol. The summed E-state index contributed by atoms with van der Waals surface area (Å²) < 4.78 is 0. The molecule has 0 radical (unpaired) electrons. The van der Waals surface area contributed by atoms with Crippen LogP contribution in [0.3, 0.4) is 0 Å². The van der Waals surface area contributed by atoms with E-state index in [1.807, 2.05) is 20.2 Å². The van der Waals surface area contributed by atoms with Crippen molar-refractivity contribution in [1.82, 2.24) is 16.0 Å². The predicted molar refractivity (Wildman–Crippen MR) is 142 cm³/mol. The molecule has 3 N–H and O–H groups in total. The smallest absolute Gasteiger partial charge is 0.223 e. The van der Waals surface area contributed by atoms with Crippen LogP contribution in [0.4, 0.5) is 0 Å². The van der Waals surface area contributed by atoms with E-state index in [0.717, 1.165) is 36.8 Å². The summed E-state index contributed by atoms with van der Waals surface area (Å²) in [6.07, 6.45) is 18.4. The summed E-state index contributed by atoms with van der Waals surface area (Å²) in [6, 6.07) is 0.466. The molecule has 2 fully saturated rings. The van der Waals surface area contributed by atoms with Crippen molar-refractivity contribution in [3.63, 3.8) is 0 Å². The van der Waals surface area contributed by atoms with E-state index >= 15 is 0 Å². The topological polar surface area (TPSA) is 65.5 Å². The van der Waals surface area contributed by atoms with Crippen molar-refractivity contribution in [3.05, 3.63) is 23.8 Å². The Kier molecular flexibility index (Phi) is 11.8. The van der Waals surface area contributed by atoms with Crippen molar-refractivity contribution < 1.29 is 4.79 Å². The Balaban J connectivity index is 1.79. The van der Waals surface area contributed by atoms with Gasteiger partial charge in [-0.05, 0) is 71.9 Å². The Bertz CT molecular complexity index is 671. The van der Waals surface area contributed by atoms with Crippen LogP contribution < -0.4 is 16.0 Å². The van der Waals surface area contributed by atoms with Crippen molar-refractivity contribution in [3.8, 4) is 0 Å². The molecule has 5 heteroatoms. The Morgan fingerprint density at radius 2 is 1.76 bits per heavy atom. The largest absolute Gasteiger partial charge is 0.353 e. The first kappa shape index (κ1) is 27.8. The summed E-state index contributed by atoms with van der Waals surface area (Å²) >= 11 is 0. The van der Waals surface area contributed by atoms with E-state index < -0.39 is 0 Å². The van der Waals surface area contributed by atoms with E-state index in [9.17, 15) is 4.79 Å². The zero-order chi connectivity index (χ0) is 24.3. The number of allylic oxidation sites excluding steroid dienone is 1. The number of rotatable bonds is 12. The van der Waals surface area contributed by atoms with Crippen LogP contribution in [0.2, 0.25) is 0 Å². The number of aliphatic imine (C=N–C) groups is 1. The van der Waals surface area contributed by atoms with Gasteiger partial charge in [-0.2, -0.15) is 0 Å². The first-order chi connectivity index (χ1) is 15.7. The normalized spacial score (nSPS) is 22.6. The molecule has 33 heavy (non-hydrogen) atoms. The summed E-state index contributed by atoms with van der Waals surface area (Å²) in [5.74, 6) is 0.212. The Morgan fingerprint density at radius 1 is 1.12 bits per heavy atom. The van der Waals surface area contributed by atoms with Gasteiger partial charge in [0.05, 0.1) is 6.17 Å². The minimum absolute atomic E-state index is 0.0147.